The molecule has 0 aromatic heterocycles. The Morgan fingerprint density at radius 3 is 2.50 bits per heavy atom. The lowest BCUT2D eigenvalue weighted by Crippen LogP contribution is -2.14. The van der Waals surface area contributed by atoms with E-state index < -0.39 is 5.97 Å². The van der Waals surface area contributed by atoms with Crippen molar-refractivity contribution in [1.82, 2.24) is 0 Å². The Morgan fingerprint density at radius 2 is 1.82 bits per heavy atom. The molecule has 144 valence electrons. The van der Waals surface area contributed by atoms with Crippen LogP contribution in [0, 0.1) is 0 Å². The quantitative estimate of drug-likeness (QED) is 0.789. The molecule has 3 rings (SSSR count). The standard InChI is InChI=1S/C22H21NO5/c1-14(2)28-22(25)15-4-6-18(7-5-15)23-21(24)16-10-11-27-20-9-8-19(26-3)13-17(20)12-16/h4-14H,1-3H3,(H,23,24). The molecule has 6 heteroatoms. The molecule has 1 aliphatic heterocycles. The van der Waals surface area contributed by atoms with Crippen molar-refractivity contribution in [2.75, 3.05) is 12.4 Å². The fourth-order valence-corrected chi connectivity index (χ4v) is 2.59. The van der Waals surface area contributed by atoms with Gasteiger partial charge >= 0.3 is 5.97 Å². The summed E-state index contributed by atoms with van der Waals surface area (Å²) in [4.78, 5) is 24.5. The summed E-state index contributed by atoms with van der Waals surface area (Å²) in [6, 6.07) is 11.9. The summed E-state index contributed by atoms with van der Waals surface area (Å²) in [5, 5.41) is 2.81. The van der Waals surface area contributed by atoms with Crippen LogP contribution < -0.4 is 14.8 Å². The van der Waals surface area contributed by atoms with Gasteiger partial charge in [-0.1, -0.05) is 0 Å². The second-order valence-electron chi connectivity index (χ2n) is 6.41. The Labute approximate surface area is 163 Å². The lowest BCUT2D eigenvalue weighted by Gasteiger charge is -2.09. The molecule has 1 aliphatic rings. The van der Waals surface area contributed by atoms with Gasteiger partial charge in [0.05, 0.1) is 25.0 Å². The molecule has 1 heterocycles. The highest BCUT2D eigenvalue weighted by molar-refractivity contribution is 6.09. The number of fused-ring (bicyclic) bond motifs is 1. The van der Waals surface area contributed by atoms with E-state index in [0.717, 1.165) is 5.56 Å². The number of carbonyl (C=O) groups excluding carboxylic acids is 2. The highest BCUT2D eigenvalue weighted by Crippen LogP contribution is 2.29. The number of hydrogen-bond acceptors (Lipinski definition) is 5. The molecule has 0 unspecified atom stereocenters. The number of esters is 1. The molecular formula is C22H21NO5. The van der Waals surface area contributed by atoms with Gasteiger partial charge in [-0.3, -0.25) is 4.79 Å². The number of amides is 1. The van der Waals surface area contributed by atoms with Gasteiger partial charge in [-0.15, -0.1) is 0 Å². The zero-order valence-corrected chi connectivity index (χ0v) is 15.9. The zero-order valence-electron chi connectivity index (χ0n) is 15.9. The summed E-state index contributed by atoms with van der Waals surface area (Å²) in [7, 11) is 1.58. The Balaban J connectivity index is 1.75. The Bertz CT molecular complexity index is 942. The van der Waals surface area contributed by atoms with Gasteiger partial charge in [0.25, 0.3) is 5.91 Å². The third kappa shape index (κ3) is 4.59. The maximum atomic E-state index is 12.6. The lowest BCUT2D eigenvalue weighted by molar-refractivity contribution is -0.112. The van der Waals surface area contributed by atoms with E-state index in [2.05, 4.69) is 5.32 Å². The molecule has 0 atom stereocenters. The molecule has 0 aliphatic carbocycles. The third-order valence-electron chi connectivity index (χ3n) is 3.95. The minimum Gasteiger partial charge on any atom is -0.497 e. The zero-order chi connectivity index (χ0) is 20.1. The van der Waals surface area contributed by atoms with Crippen molar-refractivity contribution < 1.29 is 23.8 Å². The molecule has 2 aromatic carbocycles. The first-order valence-corrected chi connectivity index (χ1v) is 8.81. The fourth-order valence-electron chi connectivity index (χ4n) is 2.59. The summed E-state index contributed by atoms with van der Waals surface area (Å²) in [6.45, 7) is 3.58. The van der Waals surface area contributed by atoms with Crippen molar-refractivity contribution in [3.8, 4) is 11.5 Å². The maximum Gasteiger partial charge on any atom is 0.338 e. The number of benzene rings is 2. The Morgan fingerprint density at radius 1 is 1.07 bits per heavy atom. The van der Waals surface area contributed by atoms with Gasteiger partial charge in [-0.2, -0.15) is 0 Å². The fraction of sp³-hybridized carbons (Fsp3) is 0.182. The first-order valence-electron chi connectivity index (χ1n) is 8.81. The molecule has 1 N–H and O–H groups in total. The molecule has 6 nitrogen and oxygen atoms in total. The summed E-state index contributed by atoms with van der Waals surface area (Å²) in [5.74, 6) is 0.606. The highest BCUT2D eigenvalue weighted by atomic mass is 16.5. The maximum absolute atomic E-state index is 12.6. The van der Waals surface area contributed by atoms with Crippen molar-refractivity contribution in [1.29, 1.82) is 0 Å². The van der Waals surface area contributed by atoms with Crippen molar-refractivity contribution in [3.63, 3.8) is 0 Å². The largest absolute Gasteiger partial charge is 0.497 e. The van der Waals surface area contributed by atoms with E-state index in [-0.39, 0.29) is 12.0 Å². The third-order valence-corrected chi connectivity index (χ3v) is 3.95. The number of rotatable bonds is 5. The SMILES string of the molecule is COc1ccc2c(c1)C=C(C(=O)Nc1ccc(C(=O)OC(C)C)cc1)C=CO2. The summed E-state index contributed by atoms with van der Waals surface area (Å²) in [6.07, 6.45) is 4.60. The summed E-state index contributed by atoms with van der Waals surface area (Å²) >= 11 is 0. The molecule has 0 radical (unpaired) electrons. The average Bonchev–Trinajstić information content (AvgIpc) is 2.89. The van der Waals surface area contributed by atoms with Crippen LogP contribution in [0.2, 0.25) is 0 Å². The van der Waals surface area contributed by atoms with Crippen molar-refractivity contribution in [3.05, 3.63) is 71.5 Å². The van der Waals surface area contributed by atoms with Crippen LogP contribution in [0.3, 0.4) is 0 Å². The van der Waals surface area contributed by atoms with Crippen LogP contribution in [0.1, 0.15) is 29.8 Å². The van der Waals surface area contributed by atoms with Crippen LogP contribution in [0.15, 0.2) is 60.4 Å². The van der Waals surface area contributed by atoms with E-state index in [0.29, 0.717) is 28.3 Å². The Kier molecular flexibility index (Phi) is 5.79. The van der Waals surface area contributed by atoms with Gasteiger partial charge in [0.15, 0.2) is 0 Å². The van der Waals surface area contributed by atoms with Gasteiger partial charge < -0.3 is 19.5 Å². The molecule has 0 saturated carbocycles. The number of carbonyl (C=O) groups is 2. The van der Waals surface area contributed by atoms with Crippen molar-refractivity contribution in [2.45, 2.75) is 20.0 Å². The summed E-state index contributed by atoms with van der Waals surface area (Å²) < 4.78 is 15.9. The molecule has 0 fully saturated rings. The predicted molar refractivity (Wildman–Crippen MR) is 106 cm³/mol. The molecule has 2 aromatic rings. The van der Waals surface area contributed by atoms with Crippen LogP contribution in [0.4, 0.5) is 5.69 Å². The first kappa shape index (κ1) is 19.2. The second kappa shape index (κ2) is 8.43. The summed E-state index contributed by atoms with van der Waals surface area (Å²) in [5.41, 5.74) is 2.16. The monoisotopic (exact) mass is 379 g/mol. The molecule has 0 bridgehead atoms. The van der Waals surface area contributed by atoms with Crippen LogP contribution in [-0.2, 0) is 9.53 Å². The highest BCUT2D eigenvalue weighted by Gasteiger charge is 2.14. The van der Waals surface area contributed by atoms with E-state index in [1.165, 1.54) is 6.26 Å². The minimum atomic E-state index is -0.398. The van der Waals surface area contributed by atoms with Crippen molar-refractivity contribution >= 4 is 23.6 Å². The van der Waals surface area contributed by atoms with E-state index in [1.54, 1.807) is 75.6 Å². The Hall–Kier alpha value is -3.54. The molecule has 28 heavy (non-hydrogen) atoms. The average molecular weight is 379 g/mol. The molecule has 1 amide bonds. The molecular weight excluding hydrogens is 358 g/mol. The number of methoxy groups -OCH3 is 1. The van der Waals surface area contributed by atoms with Crippen LogP contribution >= 0.6 is 0 Å². The van der Waals surface area contributed by atoms with Gasteiger partial charge in [0, 0.05) is 16.8 Å². The lowest BCUT2D eigenvalue weighted by atomic mass is 10.1. The topological polar surface area (TPSA) is 73.9 Å². The second-order valence-corrected chi connectivity index (χ2v) is 6.41. The minimum absolute atomic E-state index is 0.190. The smallest absolute Gasteiger partial charge is 0.338 e. The molecule has 0 spiro atoms. The van der Waals surface area contributed by atoms with Crippen LogP contribution in [0.5, 0.6) is 11.5 Å². The van der Waals surface area contributed by atoms with Gasteiger partial charge in [-0.05, 0) is 68.5 Å². The normalized spacial score (nSPS) is 12.4. The number of nitrogens with one attached hydrogen (secondary N) is 1. The number of anilines is 1. The van der Waals surface area contributed by atoms with Gasteiger partial charge in [-0.25, -0.2) is 4.79 Å². The first-order chi connectivity index (χ1) is 13.5. The van der Waals surface area contributed by atoms with E-state index in [9.17, 15) is 9.59 Å². The van der Waals surface area contributed by atoms with Crippen LogP contribution in [0.25, 0.3) is 6.08 Å². The molecule has 0 saturated heterocycles. The number of ether oxygens (including phenoxy) is 3. The van der Waals surface area contributed by atoms with E-state index >= 15 is 0 Å². The van der Waals surface area contributed by atoms with Crippen molar-refractivity contribution in [2.24, 2.45) is 0 Å². The van der Waals surface area contributed by atoms with E-state index in [4.69, 9.17) is 14.2 Å². The predicted octanol–water partition coefficient (Wildman–Crippen LogP) is 4.19. The van der Waals surface area contributed by atoms with Crippen LogP contribution in [-0.4, -0.2) is 25.1 Å². The van der Waals surface area contributed by atoms with Gasteiger partial charge in [0.1, 0.15) is 11.5 Å². The number of hydrogen-bond donors (Lipinski definition) is 1. The van der Waals surface area contributed by atoms with Gasteiger partial charge in [0.2, 0.25) is 0 Å². The van der Waals surface area contributed by atoms with E-state index in [1.807, 2.05) is 0 Å².